The molecule has 4 heteroatoms. The van der Waals surface area contributed by atoms with Gasteiger partial charge in [-0.15, -0.1) is 0 Å². The van der Waals surface area contributed by atoms with Crippen LogP contribution in [-0.2, 0) is 11.2 Å². The van der Waals surface area contributed by atoms with Crippen molar-refractivity contribution in [3.8, 4) is 0 Å². The van der Waals surface area contributed by atoms with Crippen molar-refractivity contribution in [3.05, 3.63) is 17.0 Å². The van der Waals surface area contributed by atoms with Gasteiger partial charge >= 0.3 is 0 Å². The summed E-state index contributed by atoms with van der Waals surface area (Å²) in [5.74, 6) is 0. The Morgan fingerprint density at radius 2 is 2.29 bits per heavy atom. The number of rotatable bonds is 4. The highest BCUT2D eigenvalue weighted by molar-refractivity contribution is 5.26. The molecule has 1 aliphatic heterocycles. The lowest BCUT2D eigenvalue weighted by atomic mass is 10.0. The fourth-order valence-corrected chi connectivity index (χ4v) is 2.47. The molecule has 2 unspecified atom stereocenters. The van der Waals surface area contributed by atoms with Gasteiger partial charge < -0.3 is 10.5 Å². The quantitative estimate of drug-likeness (QED) is 0.868. The molecule has 17 heavy (non-hydrogen) atoms. The van der Waals surface area contributed by atoms with E-state index in [2.05, 4.69) is 30.6 Å². The van der Waals surface area contributed by atoms with Gasteiger partial charge in [-0.3, -0.25) is 4.68 Å². The highest BCUT2D eigenvalue weighted by Gasteiger charge is 2.23. The summed E-state index contributed by atoms with van der Waals surface area (Å²) in [6.45, 7) is 8.01. The van der Waals surface area contributed by atoms with Crippen molar-refractivity contribution in [2.24, 2.45) is 5.73 Å². The molecule has 2 rings (SSSR count). The van der Waals surface area contributed by atoms with Crippen molar-refractivity contribution in [2.45, 2.75) is 52.1 Å². The first-order valence-corrected chi connectivity index (χ1v) is 6.51. The zero-order valence-corrected chi connectivity index (χ0v) is 11.1. The number of aryl methyl sites for hydroxylation is 1. The van der Waals surface area contributed by atoms with Crippen LogP contribution in [0.5, 0.6) is 0 Å². The van der Waals surface area contributed by atoms with Crippen molar-refractivity contribution in [3.63, 3.8) is 0 Å². The lowest BCUT2D eigenvalue weighted by Crippen LogP contribution is -2.22. The predicted octanol–water partition coefficient (Wildman–Crippen LogP) is 1.74. The summed E-state index contributed by atoms with van der Waals surface area (Å²) in [6.07, 6.45) is 3.01. The molecule has 1 aromatic rings. The van der Waals surface area contributed by atoms with E-state index in [1.165, 1.54) is 11.3 Å². The molecule has 2 heterocycles. The zero-order valence-electron chi connectivity index (χ0n) is 11.1. The molecule has 0 amide bonds. The third-order valence-electron chi connectivity index (χ3n) is 3.72. The van der Waals surface area contributed by atoms with E-state index in [1.807, 2.05) is 0 Å². The summed E-state index contributed by atoms with van der Waals surface area (Å²) in [5, 5.41) is 4.66. The molecule has 1 aliphatic rings. The lowest BCUT2D eigenvalue weighted by Gasteiger charge is -2.12. The number of ether oxygens (including phenoxy) is 1. The Balaban J connectivity index is 2.21. The molecule has 1 saturated heterocycles. The first-order valence-electron chi connectivity index (χ1n) is 6.51. The normalized spacial score (nSPS) is 22.0. The Bertz CT molecular complexity index is 380. The van der Waals surface area contributed by atoms with E-state index < -0.39 is 0 Å². The van der Waals surface area contributed by atoms with Crippen LogP contribution in [-0.4, -0.2) is 29.0 Å². The molecule has 0 radical (unpaired) electrons. The average Bonchev–Trinajstić information content (AvgIpc) is 2.92. The fourth-order valence-electron chi connectivity index (χ4n) is 2.47. The maximum atomic E-state index is 6.04. The van der Waals surface area contributed by atoms with Gasteiger partial charge in [0.15, 0.2) is 0 Å². The molecular weight excluding hydrogens is 214 g/mol. The molecule has 96 valence electrons. The van der Waals surface area contributed by atoms with Crippen molar-refractivity contribution in [2.75, 3.05) is 13.2 Å². The Morgan fingerprint density at radius 1 is 1.53 bits per heavy atom. The Morgan fingerprint density at radius 3 is 2.88 bits per heavy atom. The summed E-state index contributed by atoms with van der Waals surface area (Å²) in [5.41, 5.74) is 9.76. The Hall–Kier alpha value is -0.870. The van der Waals surface area contributed by atoms with E-state index in [0.717, 1.165) is 38.2 Å². The Labute approximate surface area is 103 Å². The van der Waals surface area contributed by atoms with E-state index in [-0.39, 0.29) is 6.04 Å². The minimum Gasteiger partial charge on any atom is -0.379 e. The van der Waals surface area contributed by atoms with Gasteiger partial charge in [-0.2, -0.15) is 5.10 Å². The van der Waals surface area contributed by atoms with Crippen LogP contribution in [0.1, 0.15) is 42.8 Å². The van der Waals surface area contributed by atoms with E-state index in [4.69, 9.17) is 10.5 Å². The largest absolute Gasteiger partial charge is 0.379 e. The van der Waals surface area contributed by atoms with Crippen LogP contribution in [0.25, 0.3) is 0 Å². The van der Waals surface area contributed by atoms with Crippen LogP contribution < -0.4 is 5.73 Å². The van der Waals surface area contributed by atoms with Gasteiger partial charge in [-0.25, -0.2) is 0 Å². The number of hydrogen-bond donors (Lipinski definition) is 1. The highest BCUT2D eigenvalue weighted by Crippen LogP contribution is 2.24. The fraction of sp³-hybridized carbons (Fsp3) is 0.769. The second-order valence-corrected chi connectivity index (χ2v) is 4.98. The summed E-state index contributed by atoms with van der Waals surface area (Å²) >= 11 is 0. The molecule has 0 aliphatic carbocycles. The van der Waals surface area contributed by atoms with Gasteiger partial charge in [-0.1, -0.05) is 6.92 Å². The molecule has 0 saturated carbocycles. The third-order valence-corrected chi connectivity index (χ3v) is 3.72. The minimum atomic E-state index is 0.241. The van der Waals surface area contributed by atoms with E-state index in [0.29, 0.717) is 6.04 Å². The van der Waals surface area contributed by atoms with Crippen LogP contribution in [0.4, 0.5) is 0 Å². The molecule has 2 atom stereocenters. The first-order chi connectivity index (χ1) is 8.13. The van der Waals surface area contributed by atoms with Gasteiger partial charge in [0, 0.05) is 18.3 Å². The van der Waals surface area contributed by atoms with Crippen LogP contribution >= 0.6 is 0 Å². The maximum absolute atomic E-state index is 6.04. The molecule has 4 nitrogen and oxygen atoms in total. The average molecular weight is 237 g/mol. The van der Waals surface area contributed by atoms with Gasteiger partial charge in [0.05, 0.1) is 18.3 Å². The van der Waals surface area contributed by atoms with Crippen molar-refractivity contribution < 1.29 is 4.74 Å². The molecule has 1 aromatic heterocycles. The number of aromatic nitrogens is 2. The molecule has 0 spiro atoms. The van der Waals surface area contributed by atoms with Crippen LogP contribution in [0.2, 0.25) is 0 Å². The second-order valence-electron chi connectivity index (χ2n) is 4.98. The van der Waals surface area contributed by atoms with Crippen LogP contribution in [0, 0.1) is 13.8 Å². The third kappa shape index (κ3) is 2.53. The van der Waals surface area contributed by atoms with Crippen molar-refractivity contribution >= 4 is 0 Å². The Kier molecular flexibility index (Phi) is 3.84. The van der Waals surface area contributed by atoms with Crippen LogP contribution in [0.15, 0.2) is 0 Å². The van der Waals surface area contributed by atoms with Gasteiger partial charge in [0.25, 0.3) is 0 Å². The first kappa shape index (κ1) is 12.6. The second kappa shape index (κ2) is 5.19. The lowest BCUT2D eigenvalue weighted by molar-refractivity contribution is 0.184. The number of nitrogens with zero attached hydrogens (tertiary/aromatic N) is 2. The van der Waals surface area contributed by atoms with Gasteiger partial charge in [-0.05, 0) is 38.7 Å². The standard InChI is InChI=1S/C13H23N3O/c1-4-11(14)7-13-9(2)15-16(10(13)3)12-5-6-17-8-12/h11-12H,4-8,14H2,1-3H3. The predicted molar refractivity (Wildman–Crippen MR) is 68.1 cm³/mol. The molecule has 2 N–H and O–H groups in total. The topological polar surface area (TPSA) is 53.1 Å². The molecule has 1 fully saturated rings. The summed E-state index contributed by atoms with van der Waals surface area (Å²) in [7, 11) is 0. The monoisotopic (exact) mass is 237 g/mol. The SMILES string of the molecule is CCC(N)Cc1c(C)nn(C2CCOC2)c1C. The molecule has 0 aromatic carbocycles. The maximum Gasteiger partial charge on any atom is 0.0777 e. The van der Waals surface area contributed by atoms with Gasteiger partial charge in [0.2, 0.25) is 0 Å². The summed E-state index contributed by atoms with van der Waals surface area (Å²) < 4.78 is 7.57. The number of hydrogen-bond acceptors (Lipinski definition) is 3. The molecular formula is C13H23N3O. The van der Waals surface area contributed by atoms with E-state index in [9.17, 15) is 0 Å². The summed E-state index contributed by atoms with van der Waals surface area (Å²) in [4.78, 5) is 0. The van der Waals surface area contributed by atoms with E-state index in [1.54, 1.807) is 0 Å². The minimum absolute atomic E-state index is 0.241. The summed E-state index contributed by atoms with van der Waals surface area (Å²) in [6, 6.07) is 0.658. The van der Waals surface area contributed by atoms with Gasteiger partial charge in [0.1, 0.15) is 0 Å². The highest BCUT2D eigenvalue weighted by atomic mass is 16.5. The zero-order chi connectivity index (χ0) is 12.4. The van der Waals surface area contributed by atoms with Crippen molar-refractivity contribution in [1.82, 2.24) is 9.78 Å². The number of nitrogens with two attached hydrogens (primary N) is 1. The smallest absolute Gasteiger partial charge is 0.0777 e. The molecule has 0 bridgehead atoms. The van der Waals surface area contributed by atoms with Crippen LogP contribution in [0.3, 0.4) is 0 Å². The van der Waals surface area contributed by atoms with Crippen molar-refractivity contribution in [1.29, 1.82) is 0 Å². The van der Waals surface area contributed by atoms with E-state index >= 15 is 0 Å².